The molecule has 0 saturated carbocycles. The van der Waals surface area contributed by atoms with Gasteiger partial charge in [0.1, 0.15) is 12.6 Å². The Hall–Kier alpha value is -2.34. The summed E-state index contributed by atoms with van der Waals surface area (Å²) >= 11 is 0. The van der Waals surface area contributed by atoms with Crippen LogP contribution in [-0.2, 0) is 16.1 Å². The van der Waals surface area contributed by atoms with Crippen molar-refractivity contribution in [1.82, 2.24) is 9.88 Å². The van der Waals surface area contributed by atoms with Gasteiger partial charge in [-0.25, -0.2) is 0 Å². The van der Waals surface area contributed by atoms with Crippen LogP contribution in [0.5, 0.6) is 0 Å². The Kier molecular flexibility index (Phi) is 4.05. The Balaban J connectivity index is 2.06. The minimum atomic E-state index is -1.36. The summed E-state index contributed by atoms with van der Waals surface area (Å²) < 4.78 is 1.88. The van der Waals surface area contributed by atoms with Crippen LogP contribution in [0, 0.1) is 6.92 Å². The topological polar surface area (TPSA) is 97.3 Å². The van der Waals surface area contributed by atoms with Gasteiger partial charge in [0, 0.05) is 11.2 Å². The zero-order chi connectivity index (χ0) is 14.7. The lowest BCUT2D eigenvalue weighted by Crippen LogP contribution is -2.41. The van der Waals surface area contributed by atoms with E-state index in [1.165, 1.54) is 0 Å². The van der Waals surface area contributed by atoms with Gasteiger partial charge in [0.05, 0.1) is 6.54 Å². The fourth-order valence-corrected chi connectivity index (χ4v) is 2.07. The maximum absolute atomic E-state index is 11.8. The first kappa shape index (κ1) is 14.1. The van der Waals surface area contributed by atoms with Crippen LogP contribution in [0.25, 0.3) is 10.9 Å². The van der Waals surface area contributed by atoms with Gasteiger partial charge >= 0.3 is 0 Å². The zero-order valence-corrected chi connectivity index (χ0v) is 11.2. The molecule has 0 saturated heterocycles. The normalized spacial score (nSPS) is 12.3. The number of hydrogen-bond donors (Lipinski definition) is 3. The third-order valence-electron chi connectivity index (χ3n) is 3.14. The standard InChI is InChI=1S/C14H17N3O3/c1-9-6-10-4-2-3-5-11(10)17(9)8-13(19)16-7-12(18)14(15)20/h2-6,12,18H,7-8H2,1H3,(H2,15,20)(H,16,19). The molecule has 1 atom stereocenters. The molecule has 1 aromatic carbocycles. The van der Waals surface area contributed by atoms with Crippen LogP contribution < -0.4 is 11.1 Å². The van der Waals surface area contributed by atoms with Crippen LogP contribution in [0.2, 0.25) is 0 Å². The lowest BCUT2D eigenvalue weighted by Gasteiger charge is -2.11. The second kappa shape index (κ2) is 5.75. The SMILES string of the molecule is Cc1cc2ccccc2n1CC(=O)NCC(O)C(N)=O. The fourth-order valence-electron chi connectivity index (χ4n) is 2.07. The molecule has 4 N–H and O–H groups in total. The largest absolute Gasteiger partial charge is 0.381 e. The lowest BCUT2D eigenvalue weighted by atomic mass is 10.2. The number of rotatable bonds is 5. The van der Waals surface area contributed by atoms with Crippen molar-refractivity contribution in [2.45, 2.75) is 19.6 Å². The van der Waals surface area contributed by atoms with Crippen LogP contribution in [-0.4, -0.2) is 34.1 Å². The van der Waals surface area contributed by atoms with E-state index in [-0.39, 0.29) is 19.0 Å². The molecule has 0 spiro atoms. The number of nitrogens with zero attached hydrogens (tertiary/aromatic N) is 1. The summed E-state index contributed by atoms with van der Waals surface area (Å²) in [6, 6.07) is 9.77. The molecule has 0 aliphatic carbocycles. The Morgan fingerprint density at radius 2 is 2.10 bits per heavy atom. The summed E-state index contributed by atoms with van der Waals surface area (Å²) in [6.07, 6.45) is -1.36. The molecule has 0 aliphatic heterocycles. The van der Waals surface area contributed by atoms with Crippen molar-refractivity contribution in [2.75, 3.05) is 6.54 Å². The van der Waals surface area contributed by atoms with Crippen LogP contribution >= 0.6 is 0 Å². The van der Waals surface area contributed by atoms with Gasteiger partial charge in [-0.05, 0) is 24.4 Å². The number of para-hydroxylation sites is 1. The highest BCUT2D eigenvalue weighted by Gasteiger charge is 2.13. The van der Waals surface area contributed by atoms with Crippen molar-refractivity contribution in [1.29, 1.82) is 0 Å². The summed E-state index contributed by atoms with van der Waals surface area (Å²) in [4.78, 5) is 22.5. The Morgan fingerprint density at radius 1 is 1.40 bits per heavy atom. The highest BCUT2D eigenvalue weighted by atomic mass is 16.3. The highest BCUT2D eigenvalue weighted by molar-refractivity contribution is 5.85. The molecule has 0 radical (unpaired) electrons. The second-order valence-corrected chi connectivity index (χ2v) is 4.65. The van der Waals surface area contributed by atoms with E-state index in [2.05, 4.69) is 5.32 Å². The predicted molar refractivity (Wildman–Crippen MR) is 74.9 cm³/mol. The predicted octanol–water partition coefficient (Wildman–Crippen LogP) is -0.0879. The fraction of sp³-hybridized carbons (Fsp3) is 0.286. The van der Waals surface area contributed by atoms with Gasteiger partial charge in [-0.1, -0.05) is 18.2 Å². The van der Waals surface area contributed by atoms with E-state index in [0.29, 0.717) is 0 Å². The number of benzene rings is 1. The monoisotopic (exact) mass is 275 g/mol. The molecule has 2 amide bonds. The number of carbonyl (C=O) groups excluding carboxylic acids is 2. The summed E-state index contributed by atoms with van der Waals surface area (Å²) in [5.74, 6) is -1.14. The molecule has 6 nitrogen and oxygen atoms in total. The summed E-state index contributed by atoms with van der Waals surface area (Å²) in [5.41, 5.74) is 6.85. The number of fused-ring (bicyclic) bond motifs is 1. The van der Waals surface area contributed by atoms with E-state index in [1.807, 2.05) is 41.8 Å². The highest BCUT2D eigenvalue weighted by Crippen LogP contribution is 2.18. The smallest absolute Gasteiger partial charge is 0.248 e. The van der Waals surface area contributed by atoms with Gasteiger partial charge in [0.2, 0.25) is 11.8 Å². The zero-order valence-electron chi connectivity index (χ0n) is 11.2. The molecular formula is C14H17N3O3. The van der Waals surface area contributed by atoms with Crippen molar-refractivity contribution in [2.24, 2.45) is 5.73 Å². The number of nitrogens with two attached hydrogens (primary N) is 1. The quantitative estimate of drug-likeness (QED) is 0.711. The molecule has 2 rings (SSSR count). The Bertz CT molecular complexity index is 648. The van der Waals surface area contributed by atoms with Crippen LogP contribution in [0.4, 0.5) is 0 Å². The third kappa shape index (κ3) is 2.97. The number of aryl methyl sites for hydroxylation is 1. The lowest BCUT2D eigenvalue weighted by molar-refractivity contribution is -0.127. The van der Waals surface area contributed by atoms with Crippen molar-refractivity contribution < 1.29 is 14.7 Å². The third-order valence-corrected chi connectivity index (χ3v) is 3.14. The van der Waals surface area contributed by atoms with Gasteiger partial charge in [-0.15, -0.1) is 0 Å². The molecule has 106 valence electrons. The average Bonchev–Trinajstić information content (AvgIpc) is 2.72. The molecule has 1 aromatic heterocycles. The van der Waals surface area contributed by atoms with E-state index in [0.717, 1.165) is 16.6 Å². The van der Waals surface area contributed by atoms with E-state index in [1.54, 1.807) is 0 Å². The van der Waals surface area contributed by atoms with Crippen molar-refractivity contribution in [3.8, 4) is 0 Å². The van der Waals surface area contributed by atoms with Crippen molar-refractivity contribution in [3.05, 3.63) is 36.0 Å². The summed E-state index contributed by atoms with van der Waals surface area (Å²) in [6.45, 7) is 1.88. The number of carbonyl (C=O) groups is 2. The van der Waals surface area contributed by atoms with E-state index < -0.39 is 12.0 Å². The summed E-state index contributed by atoms with van der Waals surface area (Å²) in [7, 11) is 0. The molecule has 6 heteroatoms. The molecule has 0 fully saturated rings. The molecular weight excluding hydrogens is 258 g/mol. The van der Waals surface area contributed by atoms with Crippen LogP contribution in [0.3, 0.4) is 0 Å². The van der Waals surface area contributed by atoms with Gasteiger partial charge in [0.15, 0.2) is 0 Å². The van der Waals surface area contributed by atoms with Gasteiger partial charge < -0.3 is 20.7 Å². The Morgan fingerprint density at radius 3 is 2.80 bits per heavy atom. The van der Waals surface area contributed by atoms with E-state index in [9.17, 15) is 14.7 Å². The average molecular weight is 275 g/mol. The van der Waals surface area contributed by atoms with Gasteiger partial charge in [-0.2, -0.15) is 0 Å². The number of nitrogens with one attached hydrogen (secondary N) is 1. The maximum atomic E-state index is 11.8. The first-order valence-electron chi connectivity index (χ1n) is 6.28. The molecule has 1 unspecified atom stereocenters. The van der Waals surface area contributed by atoms with Crippen molar-refractivity contribution >= 4 is 22.7 Å². The molecule has 0 aliphatic rings. The molecule has 1 heterocycles. The Labute approximate surface area is 116 Å². The number of amides is 2. The minimum absolute atomic E-state index is 0.130. The van der Waals surface area contributed by atoms with Crippen LogP contribution in [0.1, 0.15) is 5.69 Å². The number of aliphatic hydroxyl groups excluding tert-OH is 1. The van der Waals surface area contributed by atoms with Crippen molar-refractivity contribution in [3.63, 3.8) is 0 Å². The van der Waals surface area contributed by atoms with Gasteiger partial charge in [0.25, 0.3) is 0 Å². The first-order valence-corrected chi connectivity index (χ1v) is 6.28. The second-order valence-electron chi connectivity index (χ2n) is 4.65. The maximum Gasteiger partial charge on any atom is 0.248 e. The number of aliphatic hydroxyl groups is 1. The van der Waals surface area contributed by atoms with E-state index >= 15 is 0 Å². The minimum Gasteiger partial charge on any atom is -0.381 e. The number of hydrogen-bond acceptors (Lipinski definition) is 3. The van der Waals surface area contributed by atoms with Gasteiger partial charge in [-0.3, -0.25) is 9.59 Å². The molecule has 2 aromatic rings. The van der Waals surface area contributed by atoms with E-state index in [4.69, 9.17) is 5.73 Å². The first-order chi connectivity index (χ1) is 9.49. The molecule has 0 bridgehead atoms. The number of aromatic nitrogens is 1. The number of primary amides is 1. The van der Waals surface area contributed by atoms with Crippen LogP contribution in [0.15, 0.2) is 30.3 Å². The molecule has 20 heavy (non-hydrogen) atoms. The summed E-state index contributed by atoms with van der Waals surface area (Å²) in [5, 5.41) is 12.8.